The van der Waals surface area contributed by atoms with E-state index in [9.17, 15) is 9.90 Å². The molecular formula is C15H22N2O3. The molecule has 20 heavy (non-hydrogen) atoms. The maximum Gasteiger partial charge on any atom is 0.231 e. The van der Waals surface area contributed by atoms with Crippen molar-refractivity contribution < 1.29 is 14.6 Å². The van der Waals surface area contributed by atoms with Crippen LogP contribution in [0.1, 0.15) is 18.1 Å². The van der Waals surface area contributed by atoms with Crippen molar-refractivity contribution >= 4 is 11.6 Å². The average molecular weight is 278 g/mol. The number of phenolic OH excluding ortho intramolecular Hbond substituents is 1. The van der Waals surface area contributed by atoms with Gasteiger partial charge in [-0.05, 0) is 37.6 Å². The minimum absolute atomic E-state index is 0.0352. The van der Waals surface area contributed by atoms with Gasteiger partial charge in [0.15, 0.2) is 0 Å². The SMILES string of the molecule is CCNC1COCC1C(=O)Nc1cc(C)cc(C)c1O. The van der Waals surface area contributed by atoms with Crippen LogP contribution in [0, 0.1) is 19.8 Å². The minimum atomic E-state index is -0.227. The van der Waals surface area contributed by atoms with Crippen LogP contribution in [0.25, 0.3) is 0 Å². The lowest BCUT2D eigenvalue weighted by Gasteiger charge is -2.18. The van der Waals surface area contributed by atoms with Crippen LogP contribution in [-0.2, 0) is 9.53 Å². The monoisotopic (exact) mass is 278 g/mol. The maximum absolute atomic E-state index is 12.3. The van der Waals surface area contributed by atoms with Gasteiger partial charge in [0.25, 0.3) is 0 Å². The molecule has 1 aliphatic rings. The maximum atomic E-state index is 12.3. The highest BCUT2D eigenvalue weighted by Crippen LogP contribution is 2.29. The number of ether oxygens (including phenoxy) is 1. The molecule has 0 aliphatic carbocycles. The summed E-state index contributed by atoms with van der Waals surface area (Å²) < 4.78 is 5.37. The molecule has 0 aromatic heterocycles. The lowest BCUT2D eigenvalue weighted by atomic mass is 10.0. The molecule has 0 radical (unpaired) electrons. The van der Waals surface area contributed by atoms with E-state index in [1.54, 1.807) is 6.07 Å². The molecule has 1 aromatic rings. The van der Waals surface area contributed by atoms with Gasteiger partial charge in [-0.1, -0.05) is 13.0 Å². The summed E-state index contributed by atoms with van der Waals surface area (Å²) in [6.45, 7) is 7.51. The van der Waals surface area contributed by atoms with E-state index in [1.807, 2.05) is 26.8 Å². The molecule has 5 heteroatoms. The second-order valence-electron chi connectivity index (χ2n) is 5.28. The standard InChI is InChI=1S/C15H22N2O3/c1-4-16-13-8-20-7-11(13)15(19)17-12-6-9(2)5-10(3)14(12)18/h5-6,11,13,16,18H,4,7-8H2,1-3H3,(H,17,19). The third-order valence-corrected chi connectivity index (χ3v) is 3.59. The molecule has 0 saturated carbocycles. The van der Waals surface area contributed by atoms with Gasteiger partial charge < -0.3 is 20.5 Å². The lowest BCUT2D eigenvalue weighted by Crippen LogP contribution is -2.41. The number of hydrogen-bond acceptors (Lipinski definition) is 4. The third-order valence-electron chi connectivity index (χ3n) is 3.59. The van der Waals surface area contributed by atoms with Crippen LogP contribution in [-0.4, -0.2) is 36.8 Å². The zero-order valence-corrected chi connectivity index (χ0v) is 12.2. The van der Waals surface area contributed by atoms with E-state index in [2.05, 4.69) is 10.6 Å². The van der Waals surface area contributed by atoms with E-state index in [0.717, 1.165) is 17.7 Å². The Kier molecular flexibility index (Phi) is 4.62. The highest BCUT2D eigenvalue weighted by Gasteiger charge is 2.33. The summed E-state index contributed by atoms with van der Waals surface area (Å²) in [5, 5.41) is 16.1. The molecule has 2 unspecified atom stereocenters. The minimum Gasteiger partial charge on any atom is -0.505 e. The summed E-state index contributed by atoms with van der Waals surface area (Å²) in [5.74, 6) is -0.216. The first-order valence-electron chi connectivity index (χ1n) is 6.95. The summed E-state index contributed by atoms with van der Waals surface area (Å²) in [5.41, 5.74) is 2.22. The predicted molar refractivity (Wildman–Crippen MR) is 78.0 cm³/mol. The molecule has 2 atom stereocenters. The Hall–Kier alpha value is -1.59. The van der Waals surface area contributed by atoms with Gasteiger partial charge in [0.2, 0.25) is 5.91 Å². The van der Waals surface area contributed by atoms with Crippen molar-refractivity contribution in [3.05, 3.63) is 23.3 Å². The van der Waals surface area contributed by atoms with E-state index in [1.165, 1.54) is 0 Å². The van der Waals surface area contributed by atoms with Crippen LogP contribution >= 0.6 is 0 Å². The zero-order valence-electron chi connectivity index (χ0n) is 12.2. The van der Waals surface area contributed by atoms with E-state index >= 15 is 0 Å². The Labute approximate surface area is 119 Å². The number of nitrogens with one attached hydrogen (secondary N) is 2. The van der Waals surface area contributed by atoms with Gasteiger partial charge in [0, 0.05) is 6.04 Å². The Morgan fingerprint density at radius 3 is 2.85 bits per heavy atom. The molecule has 2 rings (SSSR count). The van der Waals surface area contributed by atoms with Crippen molar-refractivity contribution in [2.75, 3.05) is 25.1 Å². The molecule has 1 saturated heterocycles. The number of carbonyl (C=O) groups excluding carboxylic acids is 1. The molecule has 1 amide bonds. The highest BCUT2D eigenvalue weighted by atomic mass is 16.5. The lowest BCUT2D eigenvalue weighted by molar-refractivity contribution is -0.120. The number of benzene rings is 1. The summed E-state index contributed by atoms with van der Waals surface area (Å²) in [6.07, 6.45) is 0. The van der Waals surface area contributed by atoms with Crippen molar-refractivity contribution in [2.24, 2.45) is 5.92 Å². The number of hydrogen-bond donors (Lipinski definition) is 3. The summed E-state index contributed by atoms with van der Waals surface area (Å²) in [7, 11) is 0. The Morgan fingerprint density at radius 2 is 2.15 bits per heavy atom. The number of amides is 1. The number of phenols is 1. The molecule has 0 spiro atoms. The van der Waals surface area contributed by atoms with E-state index in [0.29, 0.717) is 18.9 Å². The molecule has 1 heterocycles. The topological polar surface area (TPSA) is 70.6 Å². The first-order valence-corrected chi connectivity index (χ1v) is 6.95. The fourth-order valence-corrected chi connectivity index (χ4v) is 2.56. The largest absolute Gasteiger partial charge is 0.505 e. The van der Waals surface area contributed by atoms with Crippen LogP contribution in [0.2, 0.25) is 0 Å². The summed E-state index contributed by atoms with van der Waals surface area (Å²) in [6, 6.07) is 3.69. The van der Waals surface area contributed by atoms with Crippen LogP contribution in [0.4, 0.5) is 5.69 Å². The number of aromatic hydroxyl groups is 1. The quantitative estimate of drug-likeness (QED) is 0.731. The van der Waals surface area contributed by atoms with Crippen LogP contribution in [0.3, 0.4) is 0 Å². The molecule has 1 aromatic carbocycles. The van der Waals surface area contributed by atoms with Crippen LogP contribution in [0.15, 0.2) is 12.1 Å². The van der Waals surface area contributed by atoms with Gasteiger partial charge in [0.1, 0.15) is 5.75 Å². The summed E-state index contributed by atoms with van der Waals surface area (Å²) in [4.78, 5) is 12.3. The van der Waals surface area contributed by atoms with Crippen molar-refractivity contribution in [3.63, 3.8) is 0 Å². The van der Waals surface area contributed by atoms with Gasteiger partial charge in [-0.15, -0.1) is 0 Å². The molecule has 1 aliphatic heterocycles. The number of carbonyl (C=O) groups is 1. The van der Waals surface area contributed by atoms with Crippen LogP contribution < -0.4 is 10.6 Å². The van der Waals surface area contributed by atoms with Gasteiger partial charge in [0.05, 0.1) is 24.8 Å². The third kappa shape index (κ3) is 3.11. The fraction of sp³-hybridized carbons (Fsp3) is 0.533. The molecule has 1 fully saturated rings. The van der Waals surface area contributed by atoms with Crippen molar-refractivity contribution in [3.8, 4) is 5.75 Å². The second kappa shape index (κ2) is 6.24. The van der Waals surface area contributed by atoms with Crippen molar-refractivity contribution in [2.45, 2.75) is 26.8 Å². The van der Waals surface area contributed by atoms with E-state index < -0.39 is 0 Å². The van der Waals surface area contributed by atoms with E-state index in [-0.39, 0.29) is 23.6 Å². The zero-order chi connectivity index (χ0) is 14.7. The molecule has 5 nitrogen and oxygen atoms in total. The Balaban J connectivity index is 2.12. The van der Waals surface area contributed by atoms with Crippen LogP contribution in [0.5, 0.6) is 5.75 Å². The first-order chi connectivity index (χ1) is 9.52. The van der Waals surface area contributed by atoms with Gasteiger partial charge in [-0.25, -0.2) is 0 Å². The normalized spacial score (nSPS) is 21.9. The number of anilines is 1. The second-order valence-corrected chi connectivity index (χ2v) is 5.28. The molecule has 110 valence electrons. The predicted octanol–water partition coefficient (Wildman–Crippen LogP) is 1.57. The molecular weight excluding hydrogens is 256 g/mol. The van der Waals surface area contributed by atoms with Gasteiger partial charge in [-0.3, -0.25) is 4.79 Å². The number of rotatable bonds is 4. The van der Waals surface area contributed by atoms with E-state index in [4.69, 9.17) is 4.74 Å². The van der Waals surface area contributed by atoms with Crippen molar-refractivity contribution in [1.82, 2.24) is 5.32 Å². The van der Waals surface area contributed by atoms with Crippen molar-refractivity contribution in [1.29, 1.82) is 0 Å². The Bertz CT molecular complexity index is 502. The number of aryl methyl sites for hydroxylation is 2. The van der Waals surface area contributed by atoms with Gasteiger partial charge in [-0.2, -0.15) is 0 Å². The summed E-state index contributed by atoms with van der Waals surface area (Å²) >= 11 is 0. The Morgan fingerprint density at radius 1 is 1.40 bits per heavy atom. The van der Waals surface area contributed by atoms with Gasteiger partial charge >= 0.3 is 0 Å². The number of likely N-dealkylation sites (N-methyl/N-ethyl adjacent to an activating group) is 1. The average Bonchev–Trinajstić information content (AvgIpc) is 2.84. The highest BCUT2D eigenvalue weighted by molar-refractivity contribution is 5.95. The first kappa shape index (κ1) is 14.8. The molecule has 3 N–H and O–H groups in total. The smallest absolute Gasteiger partial charge is 0.231 e. The fourth-order valence-electron chi connectivity index (χ4n) is 2.56. The molecule has 0 bridgehead atoms.